The second kappa shape index (κ2) is 8.10. The lowest BCUT2D eigenvalue weighted by atomic mass is 9.96. The van der Waals surface area contributed by atoms with Crippen molar-refractivity contribution in [3.63, 3.8) is 0 Å². The van der Waals surface area contributed by atoms with E-state index in [1.807, 2.05) is 20.8 Å². The van der Waals surface area contributed by atoms with Crippen LogP contribution in [-0.2, 0) is 11.3 Å². The number of anilines is 1. The summed E-state index contributed by atoms with van der Waals surface area (Å²) in [6.45, 7) is 5.68. The van der Waals surface area contributed by atoms with Crippen molar-refractivity contribution in [1.29, 1.82) is 0 Å². The fraction of sp³-hybridized carbons (Fsp3) is 0.227. The highest BCUT2D eigenvalue weighted by molar-refractivity contribution is 5.94. The Morgan fingerprint density at radius 2 is 1.87 bits per heavy atom. The summed E-state index contributed by atoms with van der Waals surface area (Å²) in [4.78, 5) is 20.8. The molecular formula is C22H21FN6O2. The van der Waals surface area contributed by atoms with Gasteiger partial charge in [-0.15, -0.1) is 0 Å². The zero-order valence-electron chi connectivity index (χ0n) is 17.3. The van der Waals surface area contributed by atoms with Crippen molar-refractivity contribution in [1.82, 2.24) is 24.9 Å². The van der Waals surface area contributed by atoms with Crippen LogP contribution in [0, 0.1) is 11.2 Å². The van der Waals surface area contributed by atoms with E-state index in [1.54, 1.807) is 35.0 Å². The van der Waals surface area contributed by atoms with E-state index in [9.17, 15) is 9.18 Å². The number of halogens is 1. The highest BCUT2D eigenvalue weighted by atomic mass is 19.1. The molecule has 3 aromatic heterocycles. The van der Waals surface area contributed by atoms with Crippen LogP contribution in [0.15, 0.2) is 59.6 Å². The van der Waals surface area contributed by atoms with Crippen molar-refractivity contribution < 1.29 is 13.7 Å². The van der Waals surface area contributed by atoms with Gasteiger partial charge in [-0.3, -0.25) is 9.48 Å². The molecule has 0 bridgehead atoms. The average molecular weight is 420 g/mol. The lowest BCUT2D eigenvalue weighted by molar-refractivity contribution is -0.123. The van der Waals surface area contributed by atoms with Gasteiger partial charge >= 0.3 is 0 Å². The molecule has 3 heterocycles. The molecule has 0 aliphatic heterocycles. The molecule has 0 unspecified atom stereocenters. The van der Waals surface area contributed by atoms with Crippen LogP contribution in [0.3, 0.4) is 0 Å². The zero-order valence-corrected chi connectivity index (χ0v) is 17.3. The summed E-state index contributed by atoms with van der Waals surface area (Å²) < 4.78 is 20.8. The number of carbonyl (C=O) groups excluding carboxylic acids is 1. The molecule has 158 valence electrons. The van der Waals surface area contributed by atoms with Gasteiger partial charge < -0.3 is 9.84 Å². The minimum absolute atomic E-state index is 0.133. The quantitative estimate of drug-likeness (QED) is 0.520. The molecule has 1 amide bonds. The normalized spacial score (nSPS) is 11.5. The van der Waals surface area contributed by atoms with Gasteiger partial charge in [0.15, 0.2) is 5.82 Å². The van der Waals surface area contributed by atoms with E-state index in [0.717, 1.165) is 0 Å². The molecule has 4 aromatic rings. The molecule has 0 fully saturated rings. The zero-order chi connectivity index (χ0) is 22.0. The van der Waals surface area contributed by atoms with Crippen LogP contribution >= 0.6 is 0 Å². The lowest BCUT2D eigenvalue weighted by Crippen LogP contribution is -2.27. The first kappa shape index (κ1) is 20.4. The molecular weight excluding hydrogens is 399 g/mol. The maximum absolute atomic E-state index is 14.2. The Morgan fingerprint density at radius 3 is 2.52 bits per heavy atom. The van der Waals surface area contributed by atoms with Gasteiger partial charge in [0, 0.05) is 17.0 Å². The van der Waals surface area contributed by atoms with Crippen LogP contribution in [0.5, 0.6) is 0 Å². The molecule has 0 aliphatic carbocycles. The summed E-state index contributed by atoms with van der Waals surface area (Å²) in [5, 5.41) is 11.3. The van der Waals surface area contributed by atoms with E-state index in [-0.39, 0.29) is 18.3 Å². The predicted octanol–water partition coefficient (Wildman–Crippen LogP) is 4.17. The van der Waals surface area contributed by atoms with Gasteiger partial charge in [0.05, 0.1) is 30.3 Å². The summed E-state index contributed by atoms with van der Waals surface area (Å²) in [6.07, 6.45) is 4.51. The molecule has 0 atom stereocenters. The van der Waals surface area contributed by atoms with Crippen molar-refractivity contribution in [2.45, 2.75) is 27.3 Å². The molecule has 0 saturated heterocycles. The molecule has 0 radical (unpaired) electrons. The maximum Gasteiger partial charge on any atom is 0.229 e. The van der Waals surface area contributed by atoms with Crippen LogP contribution in [0.2, 0.25) is 0 Å². The minimum atomic E-state index is -0.531. The number of aromatic nitrogens is 5. The fourth-order valence-corrected chi connectivity index (χ4v) is 2.83. The second-order valence-corrected chi connectivity index (χ2v) is 8.05. The molecule has 0 aliphatic rings. The number of nitrogens with one attached hydrogen (secondary N) is 1. The monoisotopic (exact) mass is 420 g/mol. The van der Waals surface area contributed by atoms with Gasteiger partial charge in [0.1, 0.15) is 23.5 Å². The number of carbonyl (C=O) groups is 1. The summed E-state index contributed by atoms with van der Waals surface area (Å²) in [7, 11) is 0. The Balaban J connectivity index is 1.65. The minimum Gasteiger partial charge on any atom is -0.364 e. The average Bonchev–Trinajstić information content (AvgIpc) is 3.39. The number of amides is 1. The van der Waals surface area contributed by atoms with Crippen LogP contribution < -0.4 is 5.32 Å². The van der Waals surface area contributed by atoms with E-state index in [0.29, 0.717) is 34.2 Å². The summed E-state index contributed by atoms with van der Waals surface area (Å²) in [6, 6.07) is 9.98. The fourth-order valence-electron chi connectivity index (χ4n) is 2.83. The standard InChI is InChI=1S/C22H21FN6O2/c1-22(2,3)21(30)26-15-11-24-20(25-12-15)18-10-19(17-8-9-31-28-17)29(27-18)13-14-6-4-5-7-16(14)23/h4-12H,13H2,1-3H3,(H,26,30). The van der Waals surface area contributed by atoms with Crippen molar-refractivity contribution in [2.24, 2.45) is 5.41 Å². The lowest BCUT2D eigenvalue weighted by Gasteiger charge is -2.17. The van der Waals surface area contributed by atoms with Gasteiger partial charge in [-0.2, -0.15) is 5.10 Å². The highest BCUT2D eigenvalue weighted by Crippen LogP contribution is 2.25. The molecule has 9 heteroatoms. The number of hydrogen-bond donors (Lipinski definition) is 1. The van der Waals surface area contributed by atoms with Crippen molar-refractivity contribution in [3.05, 3.63) is 66.4 Å². The Labute approximate surface area is 178 Å². The smallest absolute Gasteiger partial charge is 0.229 e. The predicted molar refractivity (Wildman–Crippen MR) is 112 cm³/mol. The third-order valence-corrected chi connectivity index (χ3v) is 4.58. The molecule has 31 heavy (non-hydrogen) atoms. The first-order valence-electron chi connectivity index (χ1n) is 9.67. The molecule has 0 saturated carbocycles. The molecule has 1 N–H and O–H groups in total. The SMILES string of the molecule is CC(C)(C)C(=O)Nc1cnc(-c2cc(-c3ccon3)n(Cc3ccccc3F)n2)nc1. The van der Waals surface area contributed by atoms with Crippen LogP contribution in [0.1, 0.15) is 26.3 Å². The van der Waals surface area contributed by atoms with Crippen molar-refractivity contribution in [3.8, 4) is 22.9 Å². The van der Waals surface area contributed by atoms with Gasteiger partial charge in [0.2, 0.25) is 5.91 Å². The van der Waals surface area contributed by atoms with Crippen molar-refractivity contribution in [2.75, 3.05) is 5.32 Å². The summed E-state index contributed by atoms with van der Waals surface area (Å²) >= 11 is 0. The number of benzene rings is 1. The Bertz CT molecular complexity index is 1190. The van der Waals surface area contributed by atoms with Gasteiger partial charge in [0.25, 0.3) is 0 Å². The maximum atomic E-state index is 14.2. The van der Waals surface area contributed by atoms with Gasteiger partial charge in [-0.1, -0.05) is 44.1 Å². The summed E-state index contributed by atoms with van der Waals surface area (Å²) in [5.74, 6) is -0.0852. The molecule has 8 nitrogen and oxygen atoms in total. The second-order valence-electron chi connectivity index (χ2n) is 8.05. The van der Waals surface area contributed by atoms with E-state index >= 15 is 0 Å². The highest BCUT2D eigenvalue weighted by Gasteiger charge is 2.22. The van der Waals surface area contributed by atoms with Crippen LogP contribution in [0.4, 0.5) is 10.1 Å². The number of hydrogen-bond acceptors (Lipinski definition) is 6. The number of rotatable bonds is 5. The van der Waals surface area contributed by atoms with Gasteiger partial charge in [-0.25, -0.2) is 14.4 Å². The summed E-state index contributed by atoms with van der Waals surface area (Å²) in [5.41, 5.74) is 2.14. The van der Waals surface area contributed by atoms with E-state index in [1.165, 1.54) is 24.7 Å². The van der Waals surface area contributed by atoms with Crippen molar-refractivity contribution >= 4 is 11.6 Å². The number of nitrogens with zero attached hydrogens (tertiary/aromatic N) is 5. The Hall–Kier alpha value is -3.88. The van der Waals surface area contributed by atoms with Gasteiger partial charge in [-0.05, 0) is 12.1 Å². The van der Waals surface area contributed by atoms with Crippen LogP contribution in [0.25, 0.3) is 22.9 Å². The van der Waals surface area contributed by atoms with E-state index in [2.05, 4.69) is 25.5 Å². The van der Waals surface area contributed by atoms with Crippen LogP contribution in [-0.4, -0.2) is 30.8 Å². The molecule has 0 spiro atoms. The van der Waals surface area contributed by atoms with E-state index < -0.39 is 5.41 Å². The first-order valence-corrected chi connectivity index (χ1v) is 9.67. The third-order valence-electron chi connectivity index (χ3n) is 4.58. The first-order chi connectivity index (χ1) is 14.8. The Morgan fingerprint density at radius 1 is 1.13 bits per heavy atom. The largest absolute Gasteiger partial charge is 0.364 e. The topological polar surface area (TPSA) is 98.7 Å². The third kappa shape index (κ3) is 4.50. The molecule has 4 rings (SSSR count). The van der Waals surface area contributed by atoms with E-state index in [4.69, 9.17) is 4.52 Å². The molecule has 1 aromatic carbocycles. The Kier molecular flexibility index (Phi) is 5.33.